The van der Waals surface area contributed by atoms with Crippen molar-refractivity contribution in [2.24, 2.45) is 12.8 Å². The van der Waals surface area contributed by atoms with Gasteiger partial charge < -0.3 is 5.73 Å². The molecule has 0 fully saturated rings. The van der Waals surface area contributed by atoms with Crippen LogP contribution in [0.3, 0.4) is 0 Å². The predicted octanol–water partition coefficient (Wildman–Crippen LogP) is 1.82. The van der Waals surface area contributed by atoms with Crippen molar-refractivity contribution in [2.75, 3.05) is 0 Å². The summed E-state index contributed by atoms with van der Waals surface area (Å²) in [5.74, 6) is 0. The zero-order valence-corrected chi connectivity index (χ0v) is 10.4. The third kappa shape index (κ3) is 2.59. The Morgan fingerprint density at radius 2 is 1.93 bits per heavy atom. The van der Waals surface area contributed by atoms with E-state index in [1.807, 2.05) is 11.7 Å². The maximum absolute atomic E-state index is 6.02. The standard InChI is InChI=1S/C12H23N3/c1-5-9(13)8-10-11(6-2)14-15(4)12(10)7-3/h9H,5-8,13H2,1-4H3. The highest BCUT2D eigenvalue weighted by atomic mass is 15.3. The molecular formula is C12H23N3. The van der Waals surface area contributed by atoms with E-state index >= 15 is 0 Å². The second-order valence-electron chi connectivity index (χ2n) is 4.08. The highest BCUT2D eigenvalue weighted by molar-refractivity contribution is 5.27. The Bertz CT molecular complexity index is 315. The summed E-state index contributed by atoms with van der Waals surface area (Å²) in [6.07, 6.45) is 4.03. The van der Waals surface area contributed by atoms with Crippen LogP contribution >= 0.6 is 0 Å². The Hall–Kier alpha value is -0.830. The first-order valence-electron chi connectivity index (χ1n) is 5.93. The predicted molar refractivity (Wildman–Crippen MR) is 63.9 cm³/mol. The molecule has 0 aliphatic rings. The molecule has 0 saturated carbocycles. The van der Waals surface area contributed by atoms with Gasteiger partial charge in [-0.3, -0.25) is 4.68 Å². The Morgan fingerprint density at radius 3 is 2.40 bits per heavy atom. The molecule has 0 aliphatic carbocycles. The molecule has 1 unspecified atom stereocenters. The average molecular weight is 209 g/mol. The van der Waals surface area contributed by atoms with Crippen LogP contribution in [0.25, 0.3) is 0 Å². The Morgan fingerprint density at radius 1 is 1.27 bits per heavy atom. The normalized spacial score (nSPS) is 13.1. The smallest absolute Gasteiger partial charge is 0.0657 e. The van der Waals surface area contributed by atoms with Gasteiger partial charge in [-0.2, -0.15) is 5.10 Å². The van der Waals surface area contributed by atoms with Crippen molar-refractivity contribution < 1.29 is 0 Å². The highest BCUT2D eigenvalue weighted by Gasteiger charge is 2.15. The van der Waals surface area contributed by atoms with Crippen molar-refractivity contribution >= 4 is 0 Å². The van der Waals surface area contributed by atoms with Crippen molar-refractivity contribution in [1.29, 1.82) is 0 Å². The molecule has 3 heteroatoms. The first kappa shape index (κ1) is 12.2. The van der Waals surface area contributed by atoms with Gasteiger partial charge in [0.2, 0.25) is 0 Å². The van der Waals surface area contributed by atoms with Crippen molar-refractivity contribution in [3.63, 3.8) is 0 Å². The van der Waals surface area contributed by atoms with Gasteiger partial charge in [-0.25, -0.2) is 0 Å². The fraction of sp³-hybridized carbons (Fsp3) is 0.750. The van der Waals surface area contributed by atoms with Gasteiger partial charge in [-0.1, -0.05) is 20.8 Å². The van der Waals surface area contributed by atoms with Crippen LogP contribution in [0.5, 0.6) is 0 Å². The van der Waals surface area contributed by atoms with Crippen molar-refractivity contribution in [1.82, 2.24) is 9.78 Å². The van der Waals surface area contributed by atoms with Crippen molar-refractivity contribution in [2.45, 2.75) is 52.5 Å². The van der Waals surface area contributed by atoms with E-state index in [2.05, 4.69) is 25.9 Å². The van der Waals surface area contributed by atoms with E-state index in [0.29, 0.717) is 0 Å². The third-order valence-corrected chi connectivity index (χ3v) is 3.02. The fourth-order valence-electron chi connectivity index (χ4n) is 2.03. The van der Waals surface area contributed by atoms with Gasteiger partial charge in [0.15, 0.2) is 0 Å². The summed E-state index contributed by atoms with van der Waals surface area (Å²) >= 11 is 0. The molecule has 3 nitrogen and oxygen atoms in total. The molecule has 15 heavy (non-hydrogen) atoms. The number of rotatable bonds is 5. The van der Waals surface area contributed by atoms with Gasteiger partial charge in [0, 0.05) is 18.8 Å². The van der Waals surface area contributed by atoms with Crippen LogP contribution in [0, 0.1) is 0 Å². The number of aromatic nitrogens is 2. The maximum atomic E-state index is 6.02. The van der Waals surface area contributed by atoms with Gasteiger partial charge in [0.05, 0.1) is 5.69 Å². The lowest BCUT2D eigenvalue weighted by Crippen LogP contribution is -2.22. The highest BCUT2D eigenvalue weighted by Crippen LogP contribution is 2.17. The molecule has 86 valence electrons. The number of hydrogen-bond donors (Lipinski definition) is 1. The summed E-state index contributed by atoms with van der Waals surface area (Å²) in [5.41, 5.74) is 9.97. The summed E-state index contributed by atoms with van der Waals surface area (Å²) in [4.78, 5) is 0. The third-order valence-electron chi connectivity index (χ3n) is 3.02. The van der Waals surface area contributed by atoms with Gasteiger partial charge in [-0.05, 0) is 31.2 Å². The number of aryl methyl sites for hydroxylation is 2. The minimum absolute atomic E-state index is 0.268. The molecular weight excluding hydrogens is 186 g/mol. The number of hydrogen-bond acceptors (Lipinski definition) is 2. The Kier molecular flexibility index (Phi) is 4.33. The maximum Gasteiger partial charge on any atom is 0.0657 e. The molecule has 1 aromatic rings. The summed E-state index contributed by atoms with van der Waals surface area (Å²) in [6.45, 7) is 6.47. The van der Waals surface area contributed by atoms with Crippen LogP contribution < -0.4 is 5.73 Å². The van der Waals surface area contributed by atoms with E-state index in [9.17, 15) is 0 Å². The second kappa shape index (κ2) is 5.31. The van der Waals surface area contributed by atoms with Crippen LogP contribution in [0.15, 0.2) is 0 Å². The van der Waals surface area contributed by atoms with Crippen LogP contribution in [0.1, 0.15) is 44.1 Å². The largest absolute Gasteiger partial charge is 0.327 e. The first-order valence-corrected chi connectivity index (χ1v) is 5.93. The molecule has 1 aromatic heterocycles. The van der Waals surface area contributed by atoms with Gasteiger partial charge in [-0.15, -0.1) is 0 Å². The molecule has 0 amide bonds. The van der Waals surface area contributed by atoms with E-state index in [1.165, 1.54) is 17.0 Å². The lowest BCUT2D eigenvalue weighted by molar-refractivity contribution is 0.637. The molecule has 1 atom stereocenters. The van der Waals surface area contributed by atoms with E-state index in [0.717, 1.165) is 25.7 Å². The topological polar surface area (TPSA) is 43.8 Å². The van der Waals surface area contributed by atoms with Gasteiger partial charge in [0.1, 0.15) is 0 Å². The van der Waals surface area contributed by atoms with Crippen LogP contribution in [-0.2, 0) is 26.3 Å². The Labute approximate surface area is 92.7 Å². The lowest BCUT2D eigenvalue weighted by Gasteiger charge is -2.10. The minimum atomic E-state index is 0.268. The molecule has 0 radical (unpaired) electrons. The summed E-state index contributed by atoms with van der Waals surface area (Å²) in [5, 5.41) is 4.55. The first-order chi connectivity index (χ1) is 7.13. The van der Waals surface area contributed by atoms with E-state index in [-0.39, 0.29) is 6.04 Å². The molecule has 0 bridgehead atoms. The molecule has 0 aliphatic heterocycles. The van der Waals surface area contributed by atoms with Crippen molar-refractivity contribution in [3.8, 4) is 0 Å². The van der Waals surface area contributed by atoms with Crippen LogP contribution in [-0.4, -0.2) is 15.8 Å². The number of nitrogens with two attached hydrogens (primary N) is 1. The quantitative estimate of drug-likeness (QED) is 0.804. The van der Waals surface area contributed by atoms with Crippen LogP contribution in [0.4, 0.5) is 0 Å². The van der Waals surface area contributed by atoms with Gasteiger partial charge in [0.25, 0.3) is 0 Å². The molecule has 1 rings (SSSR count). The van der Waals surface area contributed by atoms with Crippen molar-refractivity contribution in [3.05, 3.63) is 17.0 Å². The van der Waals surface area contributed by atoms with E-state index in [1.54, 1.807) is 0 Å². The zero-order chi connectivity index (χ0) is 11.4. The SMILES string of the molecule is CCc1nn(C)c(CC)c1CC(N)CC. The summed E-state index contributed by atoms with van der Waals surface area (Å²) < 4.78 is 2.01. The molecule has 0 saturated heterocycles. The zero-order valence-electron chi connectivity index (χ0n) is 10.4. The Balaban J connectivity index is 3.00. The lowest BCUT2D eigenvalue weighted by atomic mass is 10.0. The minimum Gasteiger partial charge on any atom is -0.327 e. The van der Waals surface area contributed by atoms with E-state index in [4.69, 9.17) is 5.73 Å². The summed E-state index contributed by atoms with van der Waals surface area (Å²) in [6, 6.07) is 0.268. The summed E-state index contributed by atoms with van der Waals surface area (Å²) in [7, 11) is 2.03. The monoisotopic (exact) mass is 209 g/mol. The number of nitrogens with zero attached hydrogens (tertiary/aromatic N) is 2. The molecule has 2 N–H and O–H groups in total. The van der Waals surface area contributed by atoms with E-state index < -0.39 is 0 Å². The molecule has 0 spiro atoms. The molecule has 0 aromatic carbocycles. The van der Waals surface area contributed by atoms with Crippen LogP contribution in [0.2, 0.25) is 0 Å². The fourth-order valence-corrected chi connectivity index (χ4v) is 2.03. The molecule has 1 heterocycles. The second-order valence-corrected chi connectivity index (χ2v) is 4.08. The van der Waals surface area contributed by atoms with Gasteiger partial charge >= 0.3 is 0 Å². The average Bonchev–Trinajstić information content (AvgIpc) is 2.54.